The lowest BCUT2D eigenvalue weighted by molar-refractivity contribution is 0.370. The molecule has 0 aromatic rings. The fourth-order valence-corrected chi connectivity index (χ4v) is 0.863. The van der Waals surface area contributed by atoms with Crippen LogP contribution in [-0.2, 0) is 0 Å². The van der Waals surface area contributed by atoms with Crippen molar-refractivity contribution < 1.29 is 5.11 Å². The molecule has 3 heteroatoms. The smallest absolute Gasteiger partial charge is 0.227 e. The average Bonchev–Trinajstić information content (AvgIpc) is 1.59. The van der Waals surface area contributed by atoms with Crippen molar-refractivity contribution in [1.82, 2.24) is 4.90 Å². The lowest BCUT2D eigenvalue weighted by Gasteiger charge is -2.17. The van der Waals surface area contributed by atoms with Crippen LogP contribution in [0.2, 0.25) is 0 Å². The number of aliphatic imine (C=N–C) groups is 1. The Labute approximate surface area is 54.3 Å². The third-order valence-corrected chi connectivity index (χ3v) is 1.12. The zero-order chi connectivity index (χ0) is 6.85. The number of hydrogen-bond acceptors (Lipinski definition) is 3. The summed E-state index contributed by atoms with van der Waals surface area (Å²) in [5.41, 5.74) is 0.942. The van der Waals surface area contributed by atoms with E-state index in [0.29, 0.717) is 0 Å². The highest BCUT2D eigenvalue weighted by molar-refractivity contribution is 5.85. The van der Waals surface area contributed by atoms with Crippen molar-refractivity contribution in [2.45, 2.75) is 6.92 Å². The van der Waals surface area contributed by atoms with Crippen LogP contribution in [0.3, 0.4) is 0 Å². The molecular weight excluding hydrogens is 116 g/mol. The summed E-state index contributed by atoms with van der Waals surface area (Å²) in [5, 5.41) is 8.88. The van der Waals surface area contributed by atoms with E-state index < -0.39 is 0 Å². The van der Waals surface area contributed by atoms with Crippen molar-refractivity contribution in [3.05, 3.63) is 12.1 Å². The summed E-state index contributed by atoms with van der Waals surface area (Å²) in [7, 11) is 1.90. The van der Waals surface area contributed by atoms with Gasteiger partial charge in [-0.3, -0.25) is 0 Å². The normalized spacial score (nSPS) is 19.1. The molecule has 50 valence electrons. The van der Waals surface area contributed by atoms with Crippen LogP contribution in [0.4, 0.5) is 0 Å². The lowest BCUT2D eigenvalue weighted by Crippen LogP contribution is -2.22. The highest BCUT2D eigenvalue weighted by Crippen LogP contribution is 2.01. The van der Waals surface area contributed by atoms with Gasteiger partial charge in [0.2, 0.25) is 5.88 Å². The van der Waals surface area contributed by atoms with Gasteiger partial charge in [-0.1, -0.05) is 0 Å². The van der Waals surface area contributed by atoms with Crippen LogP contribution < -0.4 is 0 Å². The van der Waals surface area contributed by atoms with Gasteiger partial charge in [0.25, 0.3) is 0 Å². The van der Waals surface area contributed by atoms with Crippen LogP contribution in [0.1, 0.15) is 6.92 Å². The second kappa shape index (κ2) is 2.09. The Morgan fingerprint density at radius 2 is 2.44 bits per heavy atom. The molecule has 1 rings (SSSR count). The van der Waals surface area contributed by atoms with Gasteiger partial charge in [-0.25, -0.2) is 4.99 Å². The van der Waals surface area contributed by atoms with Gasteiger partial charge in [-0.05, 0) is 6.92 Å². The van der Waals surface area contributed by atoms with E-state index in [1.54, 1.807) is 6.20 Å². The third-order valence-electron chi connectivity index (χ3n) is 1.12. The van der Waals surface area contributed by atoms with E-state index in [1.807, 2.05) is 18.9 Å². The van der Waals surface area contributed by atoms with Gasteiger partial charge in [-0.2, -0.15) is 0 Å². The topological polar surface area (TPSA) is 35.8 Å². The van der Waals surface area contributed by atoms with E-state index in [4.69, 9.17) is 5.11 Å². The van der Waals surface area contributed by atoms with Gasteiger partial charge in [0, 0.05) is 12.8 Å². The molecule has 0 spiro atoms. The fourth-order valence-electron chi connectivity index (χ4n) is 0.863. The Morgan fingerprint density at radius 1 is 1.78 bits per heavy atom. The number of aliphatic hydroxyl groups excluding tert-OH is 1. The molecule has 1 aliphatic heterocycles. The predicted octanol–water partition coefficient (Wildman–Crippen LogP) is 0.750. The SMILES string of the molecule is CC1=NC(O)=CN(C)C1. The molecule has 0 aliphatic carbocycles. The molecule has 0 fully saturated rings. The molecule has 0 aromatic heterocycles. The van der Waals surface area contributed by atoms with Crippen molar-refractivity contribution in [2.24, 2.45) is 4.99 Å². The van der Waals surface area contributed by atoms with Gasteiger partial charge in [-0.15, -0.1) is 0 Å². The summed E-state index contributed by atoms with van der Waals surface area (Å²) in [6.07, 6.45) is 1.60. The van der Waals surface area contributed by atoms with E-state index in [0.717, 1.165) is 12.3 Å². The van der Waals surface area contributed by atoms with Gasteiger partial charge in [0.1, 0.15) is 0 Å². The van der Waals surface area contributed by atoms with Crippen molar-refractivity contribution in [1.29, 1.82) is 0 Å². The first-order chi connectivity index (χ1) is 4.18. The van der Waals surface area contributed by atoms with Gasteiger partial charge < -0.3 is 10.0 Å². The standard InChI is InChI=1S/C6H10N2O/c1-5-3-8(2)4-6(9)7-5/h4,9H,3H2,1-2H3. The van der Waals surface area contributed by atoms with E-state index in [2.05, 4.69) is 4.99 Å². The van der Waals surface area contributed by atoms with Crippen LogP contribution in [0.15, 0.2) is 17.1 Å². The molecule has 0 aromatic carbocycles. The first-order valence-electron chi connectivity index (χ1n) is 2.83. The number of nitrogens with zero attached hydrogens (tertiary/aromatic N) is 2. The van der Waals surface area contributed by atoms with Crippen LogP contribution in [0, 0.1) is 0 Å². The number of aliphatic hydroxyl groups is 1. The van der Waals surface area contributed by atoms with Crippen LogP contribution in [0.25, 0.3) is 0 Å². The number of hydrogen-bond donors (Lipinski definition) is 1. The van der Waals surface area contributed by atoms with Crippen molar-refractivity contribution in [3.63, 3.8) is 0 Å². The largest absolute Gasteiger partial charge is 0.492 e. The third kappa shape index (κ3) is 1.45. The average molecular weight is 126 g/mol. The summed E-state index contributed by atoms with van der Waals surface area (Å²) in [6, 6.07) is 0. The summed E-state index contributed by atoms with van der Waals surface area (Å²) in [4.78, 5) is 5.71. The fraction of sp³-hybridized carbons (Fsp3) is 0.500. The molecule has 1 heterocycles. The molecule has 1 N–H and O–H groups in total. The zero-order valence-corrected chi connectivity index (χ0v) is 5.63. The molecule has 0 atom stereocenters. The van der Waals surface area contributed by atoms with Gasteiger partial charge in [0.05, 0.1) is 12.7 Å². The Bertz CT molecular complexity index is 172. The van der Waals surface area contributed by atoms with Crippen molar-refractivity contribution >= 4 is 5.71 Å². The van der Waals surface area contributed by atoms with Gasteiger partial charge >= 0.3 is 0 Å². The maximum atomic E-state index is 8.88. The summed E-state index contributed by atoms with van der Waals surface area (Å²) in [6.45, 7) is 2.70. The minimum absolute atomic E-state index is 0.0984. The first-order valence-corrected chi connectivity index (χ1v) is 2.83. The van der Waals surface area contributed by atoms with Crippen molar-refractivity contribution in [3.8, 4) is 0 Å². The molecule has 3 nitrogen and oxygen atoms in total. The summed E-state index contributed by atoms with van der Waals surface area (Å²) in [5.74, 6) is 0.0984. The highest BCUT2D eigenvalue weighted by Gasteiger charge is 2.03. The second-order valence-corrected chi connectivity index (χ2v) is 2.25. The van der Waals surface area contributed by atoms with Crippen LogP contribution in [-0.4, -0.2) is 29.3 Å². The molecule has 0 bridgehead atoms. The highest BCUT2D eigenvalue weighted by atomic mass is 16.3. The van der Waals surface area contributed by atoms with E-state index in [1.165, 1.54) is 0 Å². The number of rotatable bonds is 0. The summed E-state index contributed by atoms with van der Waals surface area (Å²) < 4.78 is 0. The molecule has 0 unspecified atom stereocenters. The predicted molar refractivity (Wildman–Crippen MR) is 36.5 cm³/mol. The van der Waals surface area contributed by atoms with E-state index in [9.17, 15) is 0 Å². The molecule has 9 heavy (non-hydrogen) atoms. The van der Waals surface area contributed by atoms with Gasteiger partial charge in [0.15, 0.2) is 0 Å². The quantitative estimate of drug-likeness (QED) is 0.520. The lowest BCUT2D eigenvalue weighted by atomic mass is 10.3. The maximum absolute atomic E-state index is 8.88. The minimum atomic E-state index is 0.0984. The monoisotopic (exact) mass is 126 g/mol. The Balaban J connectivity index is 2.74. The van der Waals surface area contributed by atoms with E-state index in [-0.39, 0.29) is 5.88 Å². The van der Waals surface area contributed by atoms with E-state index >= 15 is 0 Å². The summed E-state index contributed by atoms with van der Waals surface area (Å²) >= 11 is 0. The Morgan fingerprint density at radius 3 is 2.89 bits per heavy atom. The second-order valence-electron chi connectivity index (χ2n) is 2.25. The molecular formula is C6H10N2O. The molecule has 0 saturated heterocycles. The first kappa shape index (κ1) is 6.13. The minimum Gasteiger partial charge on any atom is -0.492 e. The van der Waals surface area contributed by atoms with Crippen molar-refractivity contribution in [2.75, 3.05) is 13.6 Å². The molecule has 0 amide bonds. The Hall–Kier alpha value is -0.990. The molecule has 1 aliphatic rings. The van der Waals surface area contributed by atoms with Crippen LogP contribution >= 0.6 is 0 Å². The molecule has 0 radical (unpaired) electrons. The Kier molecular flexibility index (Phi) is 1.42. The van der Waals surface area contributed by atoms with Crippen LogP contribution in [0.5, 0.6) is 0 Å². The molecule has 0 saturated carbocycles. The maximum Gasteiger partial charge on any atom is 0.227 e. The zero-order valence-electron chi connectivity index (χ0n) is 5.63.